The van der Waals surface area contributed by atoms with Gasteiger partial charge in [-0.3, -0.25) is 4.79 Å². The highest BCUT2D eigenvalue weighted by Gasteiger charge is 2.33. The molecule has 1 aliphatic rings. The van der Waals surface area contributed by atoms with Gasteiger partial charge in [0.2, 0.25) is 5.91 Å². The summed E-state index contributed by atoms with van der Waals surface area (Å²) in [6, 6.07) is 0.180. The second-order valence-corrected chi connectivity index (χ2v) is 5.67. The van der Waals surface area contributed by atoms with Gasteiger partial charge in [-0.1, -0.05) is 27.7 Å². The first-order chi connectivity index (χ1) is 8.56. The van der Waals surface area contributed by atoms with Crippen molar-refractivity contribution in [1.29, 1.82) is 0 Å². The molecule has 3 atom stereocenters. The minimum Gasteiger partial charge on any atom is -0.379 e. The normalized spacial score (nSPS) is 25.4. The molecule has 1 fully saturated rings. The van der Waals surface area contributed by atoms with Crippen LogP contribution in [0, 0.1) is 17.8 Å². The van der Waals surface area contributed by atoms with E-state index in [-0.39, 0.29) is 17.9 Å². The Morgan fingerprint density at radius 3 is 2.67 bits per heavy atom. The van der Waals surface area contributed by atoms with Crippen LogP contribution >= 0.6 is 0 Å². The van der Waals surface area contributed by atoms with Crippen molar-refractivity contribution in [2.75, 3.05) is 26.3 Å². The molecule has 1 saturated heterocycles. The number of carbonyl (C=O) groups is 1. The lowest BCUT2D eigenvalue weighted by Gasteiger charge is -2.21. The summed E-state index contributed by atoms with van der Waals surface area (Å²) in [6.07, 6.45) is 1.08. The molecule has 106 valence electrons. The number of amides is 1. The highest BCUT2D eigenvalue weighted by molar-refractivity contribution is 5.79. The highest BCUT2D eigenvalue weighted by Crippen LogP contribution is 2.15. The van der Waals surface area contributed by atoms with Gasteiger partial charge in [-0.25, -0.2) is 0 Å². The van der Waals surface area contributed by atoms with Gasteiger partial charge < -0.3 is 15.4 Å². The smallest absolute Gasteiger partial charge is 0.227 e. The van der Waals surface area contributed by atoms with Gasteiger partial charge in [0.15, 0.2) is 0 Å². The van der Waals surface area contributed by atoms with Crippen LogP contribution in [0.4, 0.5) is 0 Å². The SMILES string of the molecule is CCCNC1COCC1C(=O)NCC(C)C(C)C. The van der Waals surface area contributed by atoms with Crippen molar-refractivity contribution in [3.05, 3.63) is 0 Å². The molecule has 0 spiro atoms. The third-order valence-corrected chi connectivity index (χ3v) is 3.81. The van der Waals surface area contributed by atoms with E-state index in [1.165, 1.54) is 0 Å². The van der Waals surface area contributed by atoms with Crippen LogP contribution in [-0.2, 0) is 9.53 Å². The van der Waals surface area contributed by atoms with Gasteiger partial charge in [0.05, 0.1) is 19.1 Å². The predicted molar refractivity (Wildman–Crippen MR) is 73.4 cm³/mol. The lowest BCUT2D eigenvalue weighted by Crippen LogP contribution is -2.45. The maximum Gasteiger partial charge on any atom is 0.227 e. The molecule has 0 radical (unpaired) electrons. The zero-order valence-electron chi connectivity index (χ0n) is 12.2. The molecule has 4 heteroatoms. The van der Waals surface area contributed by atoms with E-state index in [9.17, 15) is 4.79 Å². The molecule has 0 aromatic rings. The summed E-state index contributed by atoms with van der Waals surface area (Å²) in [6.45, 7) is 11.6. The standard InChI is InChI=1S/C14H28N2O2/c1-5-6-15-13-9-18-8-12(13)14(17)16-7-11(4)10(2)3/h10-13,15H,5-9H2,1-4H3,(H,16,17). The lowest BCUT2D eigenvalue weighted by atomic mass is 9.97. The summed E-state index contributed by atoms with van der Waals surface area (Å²) in [5.74, 6) is 1.21. The largest absolute Gasteiger partial charge is 0.379 e. The Bertz CT molecular complexity index is 256. The van der Waals surface area contributed by atoms with Crippen LogP contribution in [0.3, 0.4) is 0 Å². The van der Waals surface area contributed by atoms with Crippen molar-refractivity contribution >= 4 is 5.91 Å². The summed E-state index contributed by atoms with van der Waals surface area (Å²) in [4.78, 5) is 12.1. The minimum atomic E-state index is -0.0316. The van der Waals surface area contributed by atoms with E-state index in [4.69, 9.17) is 4.74 Å². The molecule has 0 aromatic heterocycles. The molecule has 1 aliphatic heterocycles. The maximum atomic E-state index is 12.1. The fraction of sp³-hybridized carbons (Fsp3) is 0.929. The molecule has 1 rings (SSSR count). The number of carbonyl (C=O) groups excluding carboxylic acids is 1. The molecule has 4 nitrogen and oxygen atoms in total. The van der Waals surface area contributed by atoms with Crippen molar-refractivity contribution in [3.8, 4) is 0 Å². The van der Waals surface area contributed by atoms with Crippen molar-refractivity contribution in [3.63, 3.8) is 0 Å². The second kappa shape index (κ2) is 7.74. The fourth-order valence-electron chi connectivity index (χ4n) is 1.97. The van der Waals surface area contributed by atoms with Gasteiger partial charge in [0.25, 0.3) is 0 Å². The highest BCUT2D eigenvalue weighted by atomic mass is 16.5. The number of nitrogens with one attached hydrogen (secondary N) is 2. The molecule has 1 amide bonds. The van der Waals surface area contributed by atoms with Crippen LogP contribution in [0.5, 0.6) is 0 Å². The van der Waals surface area contributed by atoms with E-state index >= 15 is 0 Å². The Morgan fingerprint density at radius 1 is 1.33 bits per heavy atom. The molecule has 0 bridgehead atoms. The summed E-state index contributed by atoms with van der Waals surface area (Å²) >= 11 is 0. The van der Waals surface area contributed by atoms with E-state index in [1.807, 2.05) is 0 Å². The van der Waals surface area contributed by atoms with Crippen molar-refractivity contribution in [2.45, 2.75) is 40.2 Å². The van der Waals surface area contributed by atoms with Crippen molar-refractivity contribution < 1.29 is 9.53 Å². The zero-order valence-corrected chi connectivity index (χ0v) is 12.2. The van der Waals surface area contributed by atoms with Crippen LogP contribution < -0.4 is 10.6 Å². The predicted octanol–water partition coefficient (Wildman–Crippen LogP) is 1.41. The van der Waals surface area contributed by atoms with Gasteiger partial charge in [0.1, 0.15) is 0 Å². The van der Waals surface area contributed by atoms with Crippen LogP contribution in [-0.4, -0.2) is 38.3 Å². The Morgan fingerprint density at radius 2 is 2.06 bits per heavy atom. The third kappa shape index (κ3) is 4.58. The summed E-state index contributed by atoms with van der Waals surface area (Å²) in [5.41, 5.74) is 0. The first-order valence-electron chi connectivity index (χ1n) is 7.15. The first kappa shape index (κ1) is 15.4. The van der Waals surface area contributed by atoms with E-state index in [2.05, 4.69) is 38.3 Å². The van der Waals surface area contributed by atoms with Gasteiger partial charge in [-0.2, -0.15) is 0 Å². The van der Waals surface area contributed by atoms with E-state index in [0.717, 1.165) is 19.5 Å². The molecule has 1 heterocycles. The Hall–Kier alpha value is -0.610. The van der Waals surface area contributed by atoms with Crippen molar-refractivity contribution in [1.82, 2.24) is 10.6 Å². The molecule has 0 saturated carbocycles. The molecule has 0 aromatic carbocycles. The molecule has 2 N–H and O–H groups in total. The number of hydrogen-bond acceptors (Lipinski definition) is 3. The molecule has 0 aliphatic carbocycles. The van der Waals surface area contributed by atoms with E-state index in [1.54, 1.807) is 0 Å². The van der Waals surface area contributed by atoms with Crippen LogP contribution in [0.25, 0.3) is 0 Å². The Labute approximate surface area is 111 Å². The van der Waals surface area contributed by atoms with Gasteiger partial charge >= 0.3 is 0 Å². The van der Waals surface area contributed by atoms with E-state index in [0.29, 0.717) is 25.0 Å². The molecule has 3 unspecified atom stereocenters. The quantitative estimate of drug-likeness (QED) is 0.724. The summed E-state index contributed by atoms with van der Waals surface area (Å²) in [5, 5.41) is 6.44. The summed E-state index contributed by atoms with van der Waals surface area (Å²) < 4.78 is 5.42. The Kier molecular flexibility index (Phi) is 6.65. The van der Waals surface area contributed by atoms with Crippen LogP contribution in [0.15, 0.2) is 0 Å². The topological polar surface area (TPSA) is 50.4 Å². The monoisotopic (exact) mass is 256 g/mol. The minimum absolute atomic E-state index is 0.0316. The molecule has 18 heavy (non-hydrogen) atoms. The van der Waals surface area contributed by atoms with Gasteiger partial charge in [0, 0.05) is 12.6 Å². The Balaban J connectivity index is 2.35. The van der Waals surface area contributed by atoms with E-state index < -0.39 is 0 Å². The lowest BCUT2D eigenvalue weighted by molar-refractivity contribution is -0.125. The van der Waals surface area contributed by atoms with Crippen molar-refractivity contribution in [2.24, 2.45) is 17.8 Å². The average Bonchev–Trinajstić information content (AvgIpc) is 2.81. The first-order valence-corrected chi connectivity index (χ1v) is 7.15. The van der Waals surface area contributed by atoms with Crippen LogP contribution in [0.2, 0.25) is 0 Å². The fourth-order valence-corrected chi connectivity index (χ4v) is 1.97. The third-order valence-electron chi connectivity index (χ3n) is 3.81. The zero-order chi connectivity index (χ0) is 13.5. The molecular formula is C14H28N2O2. The number of rotatable bonds is 7. The maximum absolute atomic E-state index is 12.1. The number of hydrogen-bond donors (Lipinski definition) is 2. The van der Waals surface area contributed by atoms with Gasteiger partial charge in [-0.05, 0) is 24.8 Å². The van der Waals surface area contributed by atoms with Crippen LogP contribution in [0.1, 0.15) is 34.1 Å². The molecular weight excluding hydrogens is 228 g/mol. The second-order valence-electron chi connectivity index (χ2n) is 5.67. The number of ether oxygens (including phenoxy) is 1. The summed E-state index contributed by atoms with van der Waals surface area (Å²) in [7, 11) is 0. The average molecular weight is 256 g/mol. The van der Waals surface area contributed by atoms with Gasteiger partial charge in [-0.15, -0.1) is 0 Å².